The Balaban J connectivity index is 2.13. The molecule has 0 radical (unpaired) electrons. The van der Waals surface area contributed by atoms with Crippen molar-refractivity contribution in [3.63, 3.8) is 0 Å². The average Bonchev–Trinajstić information content (AvgIpc) is 2.35. The van der Waals surface area contributed by atoms with Gasteiger partial charge in [0.15, 0.2) is 0 Å². The zero-order valence-electron chi connectivity index (χ0n) is 9.96. The van der Waals surface area contributed by atoms with E-state index in [0.717, 1.165) is 12.0 Å². The normalized spacial score (nSPS) is 12.4. The molecular weight excluding hydrogens is 359 g/mol. The number of aryl methyl sites for hydroxylation is 1. The molecule has 0 saturated heterocycles. The molecule has 3 heteroatoms. The second-order valence-corrected chi connectivity index (χ2v) is 6.29. The molecule has 94 valence electrons. The van der Waals surface area contributed by atoms with E-state index in [9.17, 15) is 4.39 Å². The summed E-state index contributed by atoms with van der Waals surface area (Å²) >= 11 is 6.87. The Labute approximate surface area is 123 Å². The first-order chi connectivity index (χ1) is 8.56. The fraction of sp³-hybridized carbons (Fsp3) is 0.200. The van der Waals surface area contributed by atoms with Crippen LogP contribution in [0.1, 0.15) is 21.5 Å². The van der Waals surface area contributed by atoms with Gasteiger partial charge in [0.25, 0.3) is 0 Å². The average molecular weight is 372 g/mol. The number of rotatable bonds is 3. The van der Waals surface area contributed by atoms with Crippen LogP contribution in [-0.4, -0.2) is 0 Å². The number of hydrogen-bond acceptors (Lipinski definition) is 0. The minimum atomic E-state index is -0.228. The number of hydrogen-bond donors (Lipinski definition) is 0. The summed E-state index contributed by atoms with van der Waals surface area (Å²) in [5, 5.41) is 0. The van der Waals surface area contributed by atoms with Crippen molar-refractivity contribution in [2.75, 3.05) is 0 Å². The van der Waals surface area contributed by atoms with Crippen molar-refractivity contribution in [2.24, 2.45) is 0 Å². The summed E-state index contributed by atoms with van der Waals surface area (Å²) < 4.78 is 13.7. The van der Waals surface area contributed by atoms with Crippen molar-refractivity contribution in [3.05, 3.63) is 69.4 Å². The highest BCUT2D eigenvalue weighted by Gasteiger charge is 2.10. The lowest BCUT2D eigenvalue weighted by Crippen LogP contribution is -1.96. The van der Waals surface area contributed by atoms with E-state index >= 15 is 0 Å². The quantitative estimate of drug-likeness (QED) is 0.618. The molecule has 0 amide bonds. The molecule has 0 bridgehead atoms. The monoisotopic (exact) mass is 370 g/mol. The highest BCUT2D eigenvalue weighted by Crippen LogP contribution is 2.30. The van der Waals surface area contributed by atoms with Crippen LogP contribution in [0.2, 0.25) is 0 Å². The Morgan fingerprint density at radius 2 is 1.78 bits per heavy atom. The summed E-state index contributed by atoms with van der Waals surface area (Å²) in [4.78, 5) is 0.192. The van der Waals surface area contributed by atoms with Gasteiger partial charge >= 0.3 is 0 Å². The maximum Gasteiger partial charge on any atom is 0.137 e. The van der Waals surface area contributed by atoms with Gasteiger partial charge in [-0.15, -0.1) is 0 Å². The Morgan fingerprint density at radius 3 is 2.39 bits per heavy atom. The molecule has 2 aromatic rings. The molecule has 0 nitrogen and oxygen atoms in total. The molecule has 0 aliphatic carbocycles. The fourth-order valence-electron chi connectivity index (χ4n) is 1.76. The maximum atomic E-state index is 13.2. The van der Waals surface area contributed by atoms with Gasteiger partial charge in [-0.25, -0.2) is 4.39 Å². The predicted molar refractivity (Wildman–Crippen MR) is 80.7 cm³/mol. The molecule has 2 rings (SSSR count). The molecule has 18 heavy (non-hydrogen) atoms. The van der Waals surface area contributed by atoms with E-state index in [1.807, 2.05) is 12.1 Å². The maximum absolute atomic E-state index is 13.2. The molecule has 1 atom stereocenters. The Morgan fingerprint density at radius 1 is 1.11 bits per heavy atom. The van der Waals surface area contributed by atoms with Gasteiger partial charge in [-0.05, 0) is 52.5 Å². The van der Waals surface area contributed by atoms with Crippen molar-refractivity contribution in [3.8, 4) is 0 Å². The van der Waals surface area contributed by atoms with E-state index in [1.165, 1.54) is 17.2 Å². The molecule has 0 aromatic heterocycles. The Hall–Kier alpha value is -0.670. The summed E-state index contributed by atoms with van der Waals surface area (Å²) in [5.41, 5.74) is 3.60. The van der Waals surface area contributed by atoms with E-state index in [-0.39, 0.29) is 10.6 Å². The lowest BCUT2D eigenvalue weighted by molar-refractivity contribution is 0.620. The number of benzene rings is 2. The Bertz CT molecular complexity index is 535. The van der Waals surface area contributed by atoms with Crippen molar-refractivity contribution < 1.29 is 4.39 Å². The molecule has 0 fully saturated rings. The molecule has 0 saturated carbocycles. The second-order valence-electron chi connectivity index (χ2n) is 4.33. The van der Waals surface area contributed by atoms with Gasteiger partial charge in [0.05, 0.1) is 4.47 Å². The van der Waals surface area contributed by atoms with Crippen LogP contribution >= 0.6 is 31.9 Å². The standard InChI is InChI=1S/C15H13Br2F/c1-10-2-4-11(5-3-10)8-13(16)12-6-7-15(18)14(17)9-12/h2-7,9,13H,8H2,1H3. The molecule has 0 aliphatic heterocycles. The molecule has 0 spiro atoms. The number of halogens is 3. The number of alkyl halides is 1. The summed E-state index contributed by atoms with van der Waals surface area (Å²) in [6.07, 6.45) is 0.887. The molecular formula is C15H13Br2F. The van der Waals surface area contributed by atoms with Gasteiger partial charge in [0.1, 0.15) is 5.82 Å². The first kappa shape index (κ1) is 13.8. The van der Waals surface area contributed by atoms with Gasteiger partial charge in [-0.1, -0.05) is 51.8 Å². The summed E-state index contributed by atoms with van der Waals surface area (Å²) in [5.74, 6) is -0.228. The summed E-state index contributed by atoms with van der Waals surface area (Å²) in [6, 6.07) is 13.6. The topological polar surface area (TPSA) is 0 Å². The SMILES string of the molecule is Cc1ccc(CC(Br)c2ccc(F)c(Br)c2)cc1. The van der Waals surface area contributed by atoms with Crippen molar-refractivity contribution in [1.82, 2.24) is 0 Å². The molecule has 0 aliphatic rings. The van der Waals surface area contributed by atoms with Crippen LogP contribution in [0.5, 0.6) is 0 Å². The van der Waals surface area contributed by atoms with Crippen molar-refractivity contribution in [2.45, 2.75) is 18.2 Å². The second kappa shape index (κ2) is 5.98. The van der Waals surface area contributed by atoms with E-state index in [0.29, 0.717) is 4.47 Å². The molecule has 0 heterocycles. The molecule has 2 aromatic carbocycles. The van der Waals surface area contributed by atoms with Crippen molar-refractivity contribution in [1.29, 1.82) is 0 Å². The third-order valence-electron chi connectivity index (χ3n) is 2.84. The largest absolute Gasteiger partial charge is 0.206 e. The Kier molecular flexibility index (Phi) is 4.57. The van der Waals surface area contributed by atoms with Gasteiger partial charge in [-0.2, -0.15) is 0 Å². The lowest BCUT2D eigenvalue weighted by atomic mass is 10.0. The van der Waals surface area contributed by atoms with Gasteiger partial charge in [0.2, 0.25) is 0 Å². The third kappa shape index (κ3) is 3.42. The third-order valence-corrected chi connectivity index (χ3v) is 4.30. The highest BCUT2D eigenvalue weighted by molar-refractivity contribution is 9.10. The van der Waals surface area contributed by atoms with Crippen LogP contribution in [0, 0.1) is 12.7 Å². The summed E-state index contributed by atoms with van der Waals surface area (Å²) in [7, 11) is 0. The first-order valence-electron chi connectivity index (χ1n) is 5.71. The van der Waals surface area contributed by atoms with Gasteiger partial charge in [-0.3, -0.25) is 0 Å². The highest BCUT2D eigenvalue weighted by atomic mass is 79.9. The first-order valence-corrected chi connectivity index (χ1v) is 7.41. The summed E-state index contributed by atoms with van der Waals surface area (Å²) in [6.45, 7) is 2.08. The van der Waals surface area contributed by atoms with E-state index in [2.05, 4.69) is 63.0 Å². The van der Waals surface area contributed by atoms with Crippen LogP contribution in [0.15, 0.2) is 46.9 Å². The minimum absolute atomic E-state index is 0.192. The molecule has 1 unspecified atom stereocenters. The van der Waals surface area contributed by atoms with E-state index in [4.69, 9.17) is 0 Å². The molecule has 0 N–H and O–H groups in total. The minimum Gasteiger partial charge on any atom is -0.206 e. The predicted octanol–water partition coefficient (Wildman–Crippen LogP) is 5.58. The van der Waals surface area contributed by atoms with Gasteiger partial charge < -0.3 is 0 Å². The van der Waals surface area contributed by atoms with Crippen molar-refractivity contribution >= 4 is 31.9 Å². The van der Waals surface area contributed by atoms with E-state index < -0.39 is 0 Å². The van der Waals surface area contributed by atoms with E-state index in [1.54, 1.807) is 0 Å². The van der Waals surface area contributed by atoms with Crippen LogP contribution < -0.4 is 0 Å². The zero-order chi connectivity index (χ0) is 13.1. The van der Waals surface area contributed by atoms with Crippen LogP contribution in [0.4, 0.5) is 4.39 Å². The fourth-order valence-corrected chi connectivity index (χ4v) is 2.81. The van der Waals surface area contributed by atoms with Crippen LogP contribution in [-0.2, 0) is 6.42 Å². The lowest BCUT2D eigenvalue weighted by Gasteiger charge is -2.11. The van der Waals surface area contributed by atoms with Crippen LogP contribution in [0.25, 0.3) is 0 Å². The van der Waals surface area contributed by atoms with Gasteiger partial charge in [0, 0.05) is 4.83 Å². The smallest absolute Gasteiger partial charge is 0.137 e. The van der Waals surface area contributed by atoms with Crippen LogP contribution in [0.3, 0.4) is 0 Å². The zero-order valence-corrected chi connectivity index (χ0v) is 13.1.